The molecule has 1 aromatic rings. The van der Waals surface area contributed by atoms with E-state index in [4.69, 9.17) is 10.5 Å². The highest BCUT2D eigenvalue weighted by Crippen LogP contribution is 2.30. The van der Waals surface area contributed by atoms with Gasteiger partial charge in [-0.3, -0.25) is 4.79 Å². The zero-order valence-electron chi connectivity index (χ0n) is 9.02. The van der Waals surface area contributed by atoms with Crippen molar-refractivity contribution in [1.29, 1.82) is 0 Å². The number of carbonyl (C=O) groups excluding carboxylic acids is 1. The SMILES string of the molecule is Cc1cc(C2OC(N)=NC2=O)cc(C)c1O. The third-order valence-corrected chi connectivity index (χ3v) is 2.50. The zero-order valence-corrected chi connectivity index (χ0v) is 9.02. The number of benzene rings is 1. The van der Waals surface area contributed by atoms with E-state index in [2.05, 4.69) is 4.99 Å². The van der Waals surface area contributed by atoms with Crippen LogP contribution in [-0.2, 0) is 9.53 Å². The van der Waals surface area contributed by atoms with Crippen LogP contribution in [0, 0.1) is 13.8 Å². The number of aryl methyl sites for hydroxylation is 2. The molecule has 84 valence electrons. The normalized spacial score (nSPS) is 19.5. The van der Waals surface area contributed by atoms with E-state index in [0.717, 1.165) is 0 Å². The quantitative estimate of drug-likeness (QED) is 0.737. The zero-order chi connectivity index (χ0) is 11.9. The summed E-state index contributed by atoms with van der Waals surface area (Å²) in [5, 5.41) is 9.61. The molecule has 0 saturated carbocycles. The van der Waals surface area contributed by atoms with Crippen molar-refractivity contribution in [3.8, 4) is 5.75 Å². The highest BCUT2D eigenvalue weighted by Gasteiger charge is 2.29. The Hall–Kier alpha value is -2.04. The van der Waals surface area contributed by atoms with Crippen LogP contribution in [0.2, 0.25) is 0 Å². The first-order chi connectivity index (χ1) is 7.49. The van der Waals surface area contributed by atoms with Crippen LogP contribution >= 0.6 is 0 Å². The summed E-state index contributed by atoms with van der Waals surface area (Å²) in [7, 11) is 0. The number of aliphatic imine (C=N–C) groups is 1. The van der Waals surface area contributed by atoms with Gasteiger partial charge in [0, 0.05) is 5.56 Å². The molecule has 16 heavy (non-hydrogen) atoms. The van der Waals surface area contributed by atoms with E-state index in [1.807, 2.05) is 0 Å². The second-order valence-corrected chi connectivity index (χ2v) is 3.79. The molecular weight excluding hydrogens is 208 g/mol. The topological polar surface area (TPSA) is 84.9 Å². The molecule has 0 radical (unpaired) electrons. The van der Waals surface area contributed by atoms with Crippen LogP contribution < -0.4 is 5.73 Å². The minimum absolute atomic E-state index is 0.113. The molecule has 0 aromatic heterocycles. The maximum absolute atomic E-state index is 11.4. The van der Waals surface area contributed by atoms with Crippen molar-refractivity contribution in [2.24, 2.45) is 10.7 Å². The molecule has 1 heterocycles. The van der Waals surface area contributed by atoms with Crippen LogP contribution in [0.5, 0.6) is 5.75 Å². The molecule has 5 heteroatoms. The lowest BCUT2D eigenvalue weighted by atomic mass is 10.0. The van der Waals surface area contributed by atoms with Gasteiger partial charge in [0.15, 0.2) is 0 Å². The van der Waals surface area contributed by atoms with Gasteiger partial charge in [0.25, 0.3) is 11.9 Å². The monoisotopic (exact) mass is 220 g/mol. The number of hydrogen-bond donors (Lipinski definition) is 2. The Balaban J connectivity index is 2.40. The summed E-state index contributed by atoms with van der Waals surface area (Å²) in [5.74, 6) is -0.190. The van der Waals surface area contributed by atoms with Gasteiger partial charge in [0.1, 0.15) is 5.75 Å². The van der Waals surface area contributed by atoms with Crippen molar-refractivity contribution in [2.75, 3.05) is 0 Å². The first-order valence-corrected chi connectivity index (χ1v) is 4.84. The van der Waals surface area contributed by atoms with Crippen molar-refractivity contribution >= 4 is 11.9 Å². The Morgan fingerprint density at radius 1 is 1.38 bits per heavy atom. The van der Waals surface area contributed by atoms with E-state index in [9.17, 15) is 9.90 Å². The number of hydrogen-bond acceptors (Lipinski definition) is 4. The average Bonchev–Trinajstić information content (AvgIpc) is 2.53. The summed E-state index contributed by atoms with van der Waals surface area (Å²) in [5.41, 5.74) is 7.35. The fourth-order valence-corrected chi connectivity index (χ4v) is 1.72. The molecule has 0 bridgehead atoms. The predicted octanol–water partition coefficient (Wildman–Crippen LogP) is 0.922. The van der Waals surface area contributed by atoms with Gasteiger partial charge in [-0.1, -0.05) is 0 Å². The van der Waals surface area contributed by atoms with Gasteiger partial charge in [-0.05, 0) is 37.1 Å². The summed E-state index contributed by atoms with van der Waals surface area (Å²) in [6.07, 6.45) is -0.780. The highest BCUT2D eigenvalue weighted by atomic mass is 16.5. The Morgan fingerprint density at radius 3 is 2.38 bits per heavy atom. The van der Waals surface area contributed by atoms with E-state index >= 15 is 0 Å². The van der Waals surface area contributed by atoms with Crippen LogP contribution in [0.4, 0.5) is 0 Å². The molecule has 3 N–H and O–H groups in total. The molecule has 5 nitrogen and oxygen atoms in total. The number of rotatable bonds is 1. The summed E-state index contributed by atoms with van der Waals surface area (Å²) in [6.45, 7) is 3.52. The molecule has 1 aliphatic heterocycles. The predicted molar refractivity (Wildman–Crippen MR) is 58.0 cm³/mol. The van der Waals surface area contributed by atoms with Gasteiger partial charge < -0.3 is 15.6 Å². The maximum atomic E-state index is 11.4. The summed E-state index contributed by atoms with van der Waals surface area (Å²) in [6, 6.07) is 3.27. The number of phenolic OH excluding ortho intramolecular Hbond substituents is 1. The fourth-order valence-electron chi connectivity index (χ4n) is 1.72. The smallest absolute Gasteiger partial charge is 0.296 e. The number of nitrogens with zero attached hydrogens (tertiary/aromatic N) is 1. The Labute approximate surface area is 92.6 Å². The standard InChI is InChI=1S/C11H12N2O3/c1-5-3-7(4-6(2)8(5)14)9-10(15)13-11(12)16-9/h3-4,9,14H,1-2H3,(H2,12,13,15). The molecule has 1 atom stereocenters. The molecule has 1 amide bonds. The van der Waals surface area contributed by atoms with Gasteiger partial charge in [0.05, 0.1) is 0 Å². The lowest BCUT2D eigenvalue weighted by molar-refractivity contribution is -0.122. The molecule has 0 spiro atoms. The number of amidine groups is 1. The van der Waals surface area contributed by atoms with E-state index in [1.165, 1.54) is 0 Å². The lowest BCUT2D eigenvalue weighted by Gasteiger charge is -2.12. The van der Waals surface area contributed by atoms with Gasteiger partial charge in [-0.15, -0.1) is 0 Å². The third kappa shape index (κ3) is 1.60. The van der Waals surface area contributed by atoms with Crippen LogP contribution in [0.3, 0.4) is 0 Å². The maximum Gasteiger partial charge on any atom is 0.296 e. The van der Waals surface area contributed by atoms with Crippen LogP contribution in [0.1, 0.15) is 22.8 Å². The van der Waals surface area contributed by atoms with Gasteiger partial charge in [-0.2, -0.15) is 4.99 Å². The number of aromatic hydroxyl groups is 1. The highest BCUT2D eigenvalue weighted by molar-refractivity contribution is 5.98. The first-order valence-electron chi connectivity index (χ1n) is 4.84. The number of ether oxygens (including phenoxy) is 1. The minimum atomic E-state index is -0.780. The van der Waals surface area contributed by atoms with Crippen LogP contribution in [0.25, 0.3) is 0 Å². The largest absolute Gasteiger partial charge is 0.507 e. The first kappa shape index (κ1) is 10.5. The van der Waals surface area contributed by atoms with Gasteiger partial charge >= 0.3 is 0 Å². The summed E-state index contributed by atoms with van der Waals surface area (Å²) in [4.78, 5) is 14.9. The van der Waals surface area contributed by atoms with Crippen molar-refractivity contribution < 1.29 is 14.6 Å². The van der Waals surface area contributed by atoms with E-state index in [-0.39, 0.29) is 11.8 Å². The third-order valence-electron chi connectivity index (χ3n) is 2.50. The van der Waals surface area contributed by atoms with Gasteiger partial charge in [0.2, 0.25) is 6.10 Å². The molecule has 0 saturated heterocycles. The summed E-state index contributed by atoms with van der Waals surface area (Å²) >= 11 is 0. The van der Waals surface area contributed by atoms with Crippen molar-refractivity contribution in [2.45, 2.75) is 20.0 Å². The average molecular weight is 220 g/mol. The van der Waals surface area contributed by atoms with E-state index < -0.39 is 12.0 Å². The second-order valence-electron chi connectivity index (χ2n) is 3.79. The van der Waals surface area contributed by atoms with E-state index in [1.54, 1.807) is 26.0 Å². The molecule has 2 rings (SSSR count). The molecular formula is C11H12N2O3. The Morgan fingerprint density at radius 2 is 1.94 bits per heavy atom. The lowest BCUT2D eigenvalue weighted by Crippen LogP contribution is -2.14. The van der Waals surface area contributed by atoms with Crippen LogP contribution in [0.15, 0.2) is 17.1 Å². The molecule has 1 unspecified atom stereocenters. The van der Waals surface area contributed by atoms with Crippen molar-refractivity contribution in [3.05, 3.63) is 28.8 Å². The number of nitrogens with two attached hydrogens (primary N) is 1. The fraction of sp³-hybridized carbons (Fsp3) is 0.273. The summed E-state index contributed by atoms with van der Waals surface area (Å²) < 4.78 is 5.11. The Kier molecular flexibility index (Phi) is 2.30. The Bertz CT molecular complexity index is 471. The number of carbonyl (C=O) groups is 1. The van der Waals surface area contributed by atoms with Crippen molar-refractivity contribution in [1.82, 2.24) is 0 Å². The van der Waals surface area contributed by atoms with Gasteiger partial charge in [-0.25, -0.2) is 0 Å². The number of phenols is 1. The molecule has 1 aromatic carbocycles. The van der Waals surface area contributed by atoms with E-state index in [0.29, 0.717) is 16.7 Å². The molecule has 0 aliphatic carbocycles. The van der Waals surface area contributed by atoms with Crippen LogP contribution in [-0.4, -0.2) is 17.0 Å². The minimum Gasteiger partial charge on any atom is -0.507 e. The molecule has 1 aliphatic rings. The van der Waals surface area contributed by atoms with Crippen molar-refractivity contribution in [3.63, 3.8) is 0 Å². The second kappa shape index (κ2) is 3.52. The molecule has 0 fully saturated rings. The number of amides is 1.